The normalized spacial score (nSPS) is 22.6. The first-order valence-corrected chi connectivity index (χ1v) is 6.68. The minimum atomic E-state index is -0.142. The number of carbonyl (C=O) groups excluding carboxylic acids is 2. The highest BCUT2D eigenvalue weighted by atomic mass is 16.2. The molecule has 2 aliphatic carbocycles. The SMILES string of the molecule is CC1=C(C(=O)NNC(=O)C2CC2)CCC(C)(C)C1. The molecule has 0 saturated heterocycles. The number of hydrogen-bond acceptors (Lipinski definition) is 2. The molecule has 0 aromatic heterocycles. The standard InChI is InChI=1S/C14H22N2O2/c1-9-8-14(2,3)7-6-11(9)13(18)16-15-12(17)10-4-5-10/h10H,4-8H2,1-3H3,(H,15,17)(H,16,18). The Hall–Kier alpha value is -1.32. The van der Waals surface area contributed by atoms with Crippen LogP contribution < -0.4 is 10.9 Å². The van der Waals surface area contributed by atoms with E-state index in [2.05, 4.69) is 24.7 Å². The molecule has 100 valence electrons. The second kappa shape index (κ2) is 4.75. The van der Waals surface area contributed by atoms with Gasteiger partial charge in [-0.15, -0.1) is 0 Å². The summed E-state index contributed by atoms with van der Waals surface area (Å²) in [6.45, 7) is 6.46. The highest BCUT2D eigenvalue weighted by Gasteiger charge is 2.31. The van der Waals surface area contributed by atoms with Crippen molar-refractivity contribution in [2.45, 2.75) is 52.9 Å². The van der Waals surface area contributed by atoms with Gasteiger partial charge in [0.15, 0.2) is 0 Å². The van der Waals surface area contributed by atoms with Crippen LogP contribution in [-0.2, 0) is 9.59 Å². The van der Waals surface area contributed by atoms with Crippen molar-refractivity contribution in [1.82, 2.24) is 10.9 Å². The van der Waals surface area contributed by atoms with Gasteiger partial charge in [0, 0.05) is 11.5 Å². The quantitative estimate of drug-likeness (QED) is 0.737. The zero-order chi connectivity index (χ0) is 13.3. The van der Waals surface area contributed by atoms with E-state index in [9.17, 15) is 9.59 Å². The fraction of sp³-hybridized carbons (Fsp3) is 0.714. The molecule has 1 fully saturated rings. The molecule has 4 nitrogen and oxygen atoms in total. The summed E-state index contributed by atoms with van der Waals surface area (Å²) in [4.78, 5) is 23.4. The first-order valence-electron chi connectivity index (χ1n) is 6.68. The van der Waals surface area contributed by atoms with Crippen LogP contribution in [0.2, 0.25) is 0 Å². The van der Waals surface area contributed by atoms with Crippen LogP contribution >= 0.6 is 0 Å². The maximum atomic E-state index is 12.0. The lowest BCUT2D eigenvalue weighted by Gasteiger charge is -2.31. The van der Waals surface area contributed by atoms with Crippen molar-refractivity contribution in [2.24, 2.45) is 11.3 Å². The van der Waals surface area contributed by atoms with E-state index in [1.54, 1.807) is 0 Å². The van der Waals surface area contributed by atoms with Crippen molar-refractivity contribution in [2.75, 3.05) is 0 Å². The van der Waals surface area contributed by atoms with Crippen molar-refractivity contribution in [3.8, 4) is 0 Å². The van der Waals surface area contributed by atoms with E-state index in [1.807, 2.05) is 6.92 Å². The predicted octanol–water partition coefficient (Wildman–Crippen LogP) is 2.07. The highest BCUT2D eigenvalue weighted by molar-refractivity contribution is 5.95. The van der Waals surface area contributed by atoms with Crippen LogP contribution in [0.3, 0.4) is 0 Å². The van der Waals surface area contributed by atoms with Gasteiger partial charge in [-0.25, -0.2) is 0 Å². The molecular weight excluding hydrogens is 228 g/mol. The maximum Gasteiger partial charge on any atom is 0.265 e. The van der Waals surface area contributed by atoms with Crippen LogP contribution in [-0.4, -0.2) is 11.8 Å². The van der Waals surface area contributed by atoms with Gasteiger partial charge >= 0.3 is 0 Å². The molecule has 2 rings (SSSR count). The van der Waals surface area contributed by atoms with Gasteiger partial charge in [-0.05, 0) is 44.4 Å². The second-order valence-corrected chi connectivity index (χ2v) is 6.32. The number of hydrogen-bond donors (Lipinski definition) is 2. The lowest BCUT2D eigenvalue weighted by Crippen LogP contribution is -2.43. The van der Waals surface area contributed by atoms with Crippen LogP contribution in [0.25, 0.3) is 0 Å². The fourth-order valence-electron chi connectivity index (χ4n) is 2.54. The Morgan fingerprint density at radius 3 is 2.44 bits per heavy atom. The largest absolute Gasteiger partial charge is 0.273 e. The van der Waals surface area contributed by atoms with Crippen molar-refractivity contribution >= 4 is 11.8 Å². The zero-order valence-corrected chi connectivity index (χ0v) is 11.4. The van der Waals surface area contributed by atoms with Crippen LogP contribution in [0.15, 0.2) is 11.1 Å². The smallest absolute Gasteiger partial charge is 0.265 e. The Balaban J connectivity index is 1.90. The Kier molecular flexibility index (Phi) is 3.46. The summed E-state index contributed by atoms with van der Waals surface area (Å²) < 4.78 is 0. The highest BCUT2D eigenvalue weighted by Crippen LogP contribution is 2.38. The van der Waals surface area contributed by atoms with Gasteiger partial charge in [-0.3, -0.25) is 20.4 Å². The third-order valence-corrected chi connectivity index (χ3v) is 3.83. The minimum absolute atomic E-state index is 0.0576. The average molecular weight is 250 g/mol. The third-order valence-electron chi connectivity index (χ3n) is 3.83. The minimum Gasteiger partial charge on any atom is -0.273 e. The molecule has 0 aliphatic heterocycles. The maximum absolute atomic E-state index is 12.0. The number of allylic oxidation sites excluding steroid dienone is 1. The van der Waals surface area contributed by atoms with E-state index in [1.165, 1.54) is 0 Å². The van der Waals surface area contributed by atoms with E-state index >= 15 is 0 Å². The molecule has 0 bridgehead atoms. The van der Waals surface area contributed by atoms with Crippen molar-refractivity contribution < 1.29 is 9.59 Å². The number of hydrazine groups is 1. The molecule has 0 spiro atoms. The molecule has 0 unspecified atom stereocenters. The molecule has 2 N–H and O–H groups in total. The number of amides is 2. The zero-order valence-electron chi connectivity index (χ0n) is 11.4. The predicted molar refractivity (Wildman–Crippen MR) is 69.3 cm³/mol. The Morgan fingerprint density at radius 1 is 1.22 bits per heavy atom. The van der Waals surface area contributed by atoms with Crippen molar-refractivity contribution in [1.29, 1.82) is 0 Å². The van der Waals surface area contributed by atoms with Crippen LogP contribution in [0.1, 0.15) is 52.9 Å². The van der Waals surface area contributed by atoms with Crippen LogP contribution in [0.5, 0.6) is 0 Å². The summed E-state index contributed by atoms with van der Waals surface area (Å²) in [5.41, 5.74) is 7.31. The fourth-order valence-corrected chi connectivity index (χ4v) is 2.54. The Morgan fingerprint density at radius 2 is 1.89 bits per heavy atom. The Bertz CT molecular complexity index is 406. The molecule has 0 radical (unpaired) electrons. The van der Waals surface area contributed by atoms with Gasteiger partial charge in [0.2, 0.25) is 5.91 Å². The first-order chi connectivity index (χ1) is 8.39. The van der Waals surface area contributed by atoms with E-state index in [0.717, 1.165) is 43.3 Å². The summed E-state index contributed by atoms with van der Waals surface area (Å²) in [5.74, 6) is -0.0830. The van der Waals surface area contributed by atoms with Gasteiger partial charge in [0.25, 0.3) is 5.91 Å². The summed E-state index contributed by atoms with van der Waals surface area (Å²) in [7, 11) is 0. The molecule has 2 amide bonds. The molecule has 0 heterocycles. The van der Waals surface area contributed by atoms with E-state index in [-0.39, 0.29) is 23.1 Å². The van der Waals surface area contributed by atoms with E-state index < -0.39 is 0 Å². The lowest BCUT2D eigenvalue weighted by atomic mass is 9.74. The summed E-state index contributed by atoms with van der Waals surface area (Å²) in [6.07, 6.45) is 4.65. The number of nitrogens with one attached hydrogen (secondary N) is 2. The first kappa shape index (κ1) is 13.1. The van der Waals surface area contributed by atoms with E-state index in [0.29, 0.717) is 0 Å². The molecule has 2 aliphatic rings. The molecule has 4 heteroatoms. The summed E-state index contributed by atoms with van der Waals surface area (Å²) >= 11 is 0. The second-order valence-electron chi connectivity index (χ2n) is 6.32. The van der Waals surface area contributed by atoms with Gasteiger partial charge in [0.05, 0.1) is 0 Å². The molecule has 0 atom stereocenters. The number of carbonyl (C=O) groups is 2. The summed E-state index contributed by atoms with van der Waals surface area (Å²) in [6, 6.07) is 0. The van der Waals surface area contributed by atoms with Crippen LogP contribution in [0, 0.1) is 11.3 Å². The van der Waals surface area contributed by atoms with Gasteiger partial charge in [-0.2, -0.15) is 0 Å². The third kappa shape index (κ3) is 3.12. The molecule has 1 saturated carbocycles. The topological polar surface area (TPSA) is 58.2 Å². The monoisotopic (exact) mass is 250 g/mol. The molecule has 0 aromatic carbocycles. The Labute approximate surface area is 108 Å². The van der Waals surface area contributed by atoms with Gasteiger partial charge in [-0.1, -0.05) is 19.4 Å². The van der Waals surface area contributed by atoms with Gasteiger partial charge in [0.1, 0.15) is 0 Å². The van der Waals surface area contributed by atoms with Crippen molar-refractivity contribution in [3.05, 3.63) is 11.1 Å². The van der Waals surface area contributed by atoms with Gasteiger partial charge < -0.3 is 0 Å². The molecule has 0 aromatic rings. The number of rotatable bonds is 2. The van der Waals surface area contributed by atoms with Crippen LogP contribution in [0.4, 0.5) is 0 Å². The van der Waals surface area contributed by atoms with E-state index in [4.69, 9.17) is 0 Å². The summed E-state index contributed by atoms with van der Waals surface area (Å²) in [5, 5.41) is 0. The van der Waals surface area contributed by atoms with Crippen molar-refractivity contribution in [3.63, 3.8) is 0 Å². The molecular formula is C14H22N2O2. The average Bonchev–Trinajstić information content (AvgIpc) is 3.07. The molecule has 18 heavy (non-hydrogen) atoms. The lowest BCUT2D eigenvalue weighted by molar-refractivity contribution is -0.128.